The molecular weight excluding hydrogens is 246 g/mol. The van der Waals surface area contributed by atoms with Crippen LogP contribution in [0.15, 0.2) is 24.3 Å². The van der Waals surface area contributed by atoms with E-state index in [2.05, 4.69) is 50.1 Å². The van der Waals surface area contributed by atoms with Gasteiger partial charge in [0.25, 0.3) is 0 Å². The Bertz CT molecular complexity index is 455. The van der Waals surface area contributed by atoms with Crippen LogP contribution in [0.25, 0.3) is 0 Å². The van der Waals surface area contributed by atoms with Gasteiger partial charge < -0.3 is 10.0 Å². The number of aliphatic hydroxyl groups excluding tert-OH is 1. The molecule has 1 N–H and O–H groups in total. The lowest BCUT2D eigenvalue weighted by atomic mass is 9.73. The van der Waals surface area contributed by atoms with Gasteiger partial charge in [-0.25, -0.2) is 0 Å². The molecule has 2 aliphatic rings. The highest BCUT2D eigenvalue weighted by Crippen LogP contribution is 2.47. The molecule has 0 saturated carbocycles. The second-order valence-electron chi connectivity index (χ2n) is 6.77. The van der Waals surface area contributed by atoms with Gasteiger partial charge in [0.05, 0.1) is 6.10 Å². The van der Waals surface area contributed by atoms with Gasteiger partial charge in [-0.15, -0.1) is 0 Å². The lowest BCUT2D eigenvalue weighted by Crippen LogP contribution is -2.49. The monoisotopic (exact) mass is 273 g/mol. The summed E-state index contributed by atoms with van der Waals surface area (Å²) < 4.78 is 0. The molecule has 2 heteroatoms. The summed E-state index contributed by atoms with van der Waals surface area (Å²) in [6.45, 7) is 4.25. The largest absolute Gasteiger partial charge is 0.393 e. The van der Waals surface area contributed by atoms with E-state index in [-0.39, 0.29) is 6.10 Å². The van der Waals surface area contributed by atoms with Crippen LogP contribution in [0.5, 0.6) is 0 Å². The molecule has 0 radical (unpaired) electrons. The summed E-state index contributed by atoms with van der Waals surface area (Å²) in [5, 5.41) is 10.6. The Hall–Kier alpha value is -0.860. The van der Waals surface area contributed by atoms with E-state index in [4.69, 9.17) is 0 Å². The molecule has 0 aromatic heterocycles. The highest BCUT2D eigenvalue weighted by Gasteiger charge is 2.47. The van der Waals surface area contributed by atoms with Crippen LogP contribution in [-0.2, 0) is 0 Å². The summed E-state index contributed by atoms with van der Waals surface area (Å²) >= 11 is 0. The molecule has 2 heterocycles. The van der Waals surface area contributed by atoms with Gasteiger partial charge in [-0.1, -0.05) is 36.8 Å². The molecule has 2 saturated heterocycles. The summed E-state index contributed by atoms with van der Waals surface area (Å²) in [7, 11) is 2.25. The van der Waals surface area contributed by atoms with Crippen molar-refractivity contribution in [1.29, 1.82) is 0 Å². The molecule has 2 fully saturated rings. The lowest BCUT2D eigenvalue weighted by molar-refractivity contribution is 0.00281. The predicted molar refractivity (Wildman–Crippen MR) is 82.9 cm³/mol. The van der Waals surface area contributed by atoms with Gasteiger partial charge >= 0.3 is 0 Å². The van der Waals surface area contributed by atoms with Crippen molar-refractivity contribution in [2.24, 2.45) is 5.92 Å². The topological polar surface area (TPSA) is 23.5 Å². The first-order valence-corrected chi connectivity index (χ1v) is 8.08. The molecular formula is C18H27NO. The maximum atomic E-state index is 10.6. The molecule has 2 aliphatic heterocycles. The van der Waals surface area contributed by atoms with Crippen LogP contribution in [0, 0.1) is 12.8 Å². The van der Waals surface area contributed by atoms with Crippen molar-refractivity contribution in [3.63, 3.8) is 0 Å². The molecule has 2 bridgehead atoms. The quantitative estimate of drug-likeness (QED) is 0.913. The molecule has 5 atom stereocenters. The summed E-state index contributed by atoms with van der Waals surface area (Å²) in [5.74, 6) is 0.922. The maximum absolute atomic E-state index is 10.6. The summed E-state index contributed by atoms with van der Waals surface area (Å²) in [5.41, 5.74) is 2.75. The van der Waals surface area contributed by atoms with Gasteiger partial charge in [0.1, 0.15) is 0 Å². The second kappa shape index (κ2) is 5.50. The van der Waals surface area contributed by atoms with Gasteiger partial charge in [0.15, 0.2) is 0 Å². The van der Waals surface area contributed by atoms with E-state index >= 15 is 0 Å². The third kappa shape index (κ3) is 2.29. The van der Waals surface area contributed by atoms with Crippen LogP contribution in [0.3, 0.4) is 0 Å². The van der Waals surface area contributed by atoms with E-state index in [1.807, 2.05) is 0 Å². The van der Waals surface area contributed by atoms with Crippen LogP contribution in [-0.4, -0.2) is 35.2 Å². The molecule has 1 aromatic carbocycles. The van der Waals surface area contributed by atoms with E-state index in [0.717, 1.165) is 6.42 Å². The lowest BCUT2D eigenvalue weighted by Gasteiger charge is -2.45. The minimum Gasteiger partial charge on any atom is -0.393 e. The number of nitrogens with zero attached hydrogens (tertiary/aromatic N) is 1. The van der Waals surface area contributed by atoms with Crippen LogP contribution in [0.1, 0.15) is 49.7 Å². The van der Waals surface area contributed by atoms with Gasteiger partial charge in [0, 0.05) is 18.0 Å². The SMILES string of the molecule is CC[C@H](O)C1C(c2ccc(C)cc2)CC2CCC1N2C. The van der Waals surface area contributed by atoms with Crippen molar-refractivity contribution in [3.8, 4) is 0 Å². The van der Waals surface area contributed by atoms with Crippen molar-refractivity contribution in [1.82, 2.24) is 4.90 Å². The van der Waals surface area contributed by atoms with Crippen LogP contribution in [0.2, 0.25) is 0 Å². The minimum atomic E-state index is -0.173. The van der Waals surface area contributed by atoms with E-state index in [0.29, 0.717) is 23.9 Å². The van der Waals surface area contributed by atoms with Crippen molar-refractivity contribution in [2.45, 2.75) is 63.6 Å². The summed E-state index contributed by atoms with van der Waals surface area (Å²) in [4.78, 5) is 2.54. The third-order valence-corrected chi connectivity index (χ3v) is 5.70. The Morgan fingerprint density at radius 3 is 2.60 bits per heavy atom. The van der Waals surface area contributed by atoms with E-state index in [1.54, 1.807) is 0 Å². The fraction of sp³-hybridized carbons (Fsp3) is 0.667. The Kier molecular flexibility index (Phi) is 3.87. The Labute approximate surface area is 122 Å². The van der Waals surface area contributed by atoms with Gasteiger partial charge in [-0.2, -0.15) is 0 Å². The first kappa shape index (κ1) is 14.1. The fourth-order valence-corrected chi connectivity index (χ4v) is 4.48. The molecule has 0 amide bonds. The number of rotatable bonds is 3. The average Bonchev–Trinajstić information content (AvgIpc) is 2.70. The van der Waals surface area contributed by atoms with Crippen LogP contribution < -0.4 is 0 Å². The zero-order valence-electron chi connectivity index (χ0n) is 12.9. The highest BCUT2D eigenvalue weighted by molar-refractivity contribution is 5.27. The number of fused-ring (bicyclic) bond motifs is 2. The van der Waals surface area contributed by atoms with Crippen LogP contribution >= 0.6 is 0 Å². The Morgan fingerprint density at radius 1 is 1.25 bits per heavy atom. The molecule has 0 aliphatic carbocycles. The van der Waals surface area contributed by atoms with E-state index in [1.165, 1.54) is 30.4 Å². The number of piperidine rings is 1. The number of hydrogen-bond donors (Lipinski definition) is 1. The van der Waals surface area contributed by atoms with Crippen molar-refractivity contribution in [3.05, 3.63) is 35.4 Å². The standard InChI is InChI=1S/C18H27NO/c1-4-17(20)18-15(13-7-5-12(2)6-8-13)11-14-9-10-16(18)19(14)3/h5-8,14-18,20H,4,9-11H2,1-3H3/t14?,15?,16?,17-,18?/m0/s1. The normalized spacial score (nSPS) is 35.2. The van der Waals surface area contributed by atoms with Gasteiger partial charge in [-0.05, 0) is 51.1 Å². The predicted octanol–water partition coefficient (Wildman–Crippen LogP) is 3.33. The number of aliphatic hydroxyl groups is 1. The molecule has 0 spiro atoms. The molecule has 20 heavy (non-hydrogen) atoms. The van der Waals surface area contributed by atoms with Crippen molar-refractivity contribution in [2.75, 3.05) is 7.05 Å². The fourth-order valence-electron chi connectivity index (χ4n) is 4.48. The smallest absolute Gasteiger partial charge is 0.0586 e. The Morgan fingerprint density at radius 2 is 1.95 bits per heavy atom. The number of benzene rings is 1. The van der Waals surface area contributed by atoms with Crippen molar-refractivity contribution >= 4 is 0 Å². The van der Waals surface area contributed by atoms with Crippen molar-refractivity contribution < 1.29 is 5.11 Å². The first-order valence-electron chi connectivity index (χ1n) is 8.08. The molecule has 1 aromatic rings. The molecule has 3 rings (SSSR count). The minimum absolute atomic E-state index is 0.173. The molecule has 2 nitrogen and oxygen atoms in total. The van der Waals surface area contributed by atoms with E-state index in [9.17, 15) is 5.11 Å². The Balaban J connectivity index is 1.93. The number of hydrogen-bond acceptors (Lipinski definition) is 2. The second-order valence-corrected chi connectivity index (χ2v) is 6.77. The third-order valence-electron chi connectivity index (χ3n) is 5.70. The zero-order valence-corrected chi connectivity index (χ0v) is 12.9. The molecule has 4 unspecified atom stereocenters. The van der Waals surface area contributed by atoms with Gasteiger partial charge in [0.2, 0.25) is 0 Å². The zero-order chi connectivity index (χ0) is 14.3. The maximum Gasteiger partial charge on any atom is 0.0586 e. The van der Waals surface area contributed by atoms with Gasteiger partial charge in [-0.3, -0.25) is 0 Å². The summed E-state index contributed by atoms with van der Waals surface area (Å²) in [6.07, 6.45) is 4.45. The number of aryl methyl sites for hydroxylation is 1. The van der Waals surface area contributed by atoms with Crippen LogP contribution in [0.4, 0.5) is 0 Å². The summed E-state index contributed by atoms with van der Waals surface area (Å²) in [6, 6.07) is 10.3. The average molecular weight is 273 g/mol. The highest BCUT2D eigenvalue weighted by atomic mass is 16.3. The molecule has 110 valence electrons. The van der Waals surface area contributed by atoms with E-state index < -0.39 is 0 Å². The first-order chi connectivity index (χ1) is 9.61.